The first-order valence-electron chi connectivity index (χ1n) is 8.90. The summed E-state index contributed by atoms with van der Waals surface area (Å²) in [5.74, 6) is -0.259. The number of aromatic nitrogens is 5. The van der Waals surface area contributed by atoms with E-state index in [1.807, 2.05) is 13.8 Å². The van der Waals surface area contributed by atoms with Crippen LogP contribution >= 0.6 is 0 Å². The lowest BCUT2D eigenvalue weighted by molar-refractivity contribution is 0.0995. The number of aromatic hydroxyl groups is 1. The number of hydrogen-bond acceptors (Lipinski definition) is 6. The van der Waals surface area contributed by atoms with Crippen LogP contribution in [0.5, 0.6) is 5.75 Å². The SMILES string of the molecule is CCCn1nc(C)c(O)c1-c1nc(-c2cc(C(N)=O)n3cc(C)ncc23)co1. The zero-order chi connectivity index (χ0) is 20.0. The van der Waals surface area contributed by atoms with Crippen LogP contribution in [0.2, 0.25) is 0 Å². The van der Waals surface area contributed by atoms with Crippen LogP contribution in [0.1, 0.15) is 35.2 Å². The van der Waals surface area contributed by atoms with Crippen molar-refractivity contribution in [2.75, 3.05) is 0 Å². The molecule has 0 spiro atoms. The van der Waals surface area contributed by atoms with E-state index in [0.29, 0.717) is 40.4 Å². The molecule has 4 aromatic rings. The summed E-state index contributed by atoms with van der Waals surface area (Å²) >= 11 is 0. The van der Waals surface area contributed by atoms with Gasteiger partial charge >= 0.3 is 0 Å². The van der Waals surface area contributed by atoms with Gasteiger partial charge in [0.1, 0.15) is 23.3 Å². The van der Waals surface area contributed by atoms with Gasteiger partial charge in [-0.05, 0) is 26.3 Å². The number of nitrogens with two attached hydrogens (primary N) is 1. The average Bonchev–Trinajstić information content (AvgIpc) is 3.32. The first kappa shape index (κ1) is 17.8. The molecule has 4 rings (SSSR count). The fourth-order valence-corrected chi connectivity index (χ4v) is 3.25. The van der Waals surface area contributed by atoms with Gasteiger partial charge in [0.2, 0.25) is 5.89 Å². The molecule has 144 valence electrons. The molecular formula is C19H20N6O3. The second kappa shape index (κ2) is 6.52. The molecule has 0 atom stereocenters. The average molecular weight is 380 g/mol. The van der Waals surface area contributed by atoms with Crippen LogP contribution in [0, 0.1) is 13.8 Å². The summed E-state index contributed by atoms with van der Waals surface area (Å²) in [6.45, 7) is 6.20. The van der Waals surface area contributed by atoms with E-state index in [0.717, 1.165) is 12.1 Å². The summed E-state index contributed by atoms with van der Waals surface area (Å²) < 4.78 is 9.02. The van der Waals surface area contributed by atoms with Gasteiger partial charge in [0.05, 0.1) is 17.4 Å². The minimum Gasteiger partial charge on any atom is -0.504 e. The number of primary amides is 1. The highest BCUT2D eigenvalue weighted by atomic mass is 16.3. The predicted molar refractivity (Wildman–Crippen MR) is 102 cm³/mol. The topological polar surface area (TPSA) is 124 Å². The maximum atomic E-state index is 11.9. The summed E-state index contributed by atoms with van der Waals surface area (Å²) in [4.78, 5) is 20.7. The van der Waals surface area contributed by atoms with Crippen molar-refractivity contribution in [3.63, 3.8) is 0 Å². The van der Waals surface area contributed by atoms with Crippen molar-refractivity contribution >= 4 is 11.4 Å². The minimum absolute atomic E-state index is 0.0405. The van der Waals surface area contributed by atoms with E-state index in [-0.39, 0.29) is 11.6 Å². The Morgan fingerprint density at radius 2 is 2.14 bits per heavy atom. The summed E-state index contributed by atoms with van der Waals surface area (Å²) in [6.07, 6.45) is 5.73. The third-order valence-electron chi connectivity index (χ3n) is 4.55. The molecule has 0 fully saturated rings. The summed E-state index contributed by atoms with van der Waals surface area (Å²) in [7, 11) is 0. The molecule has 4 heterocycles. The first-order valence-corrected chi connectivity index (χ1v) is 8.90. The Morgan fingerprint density at radius 3 is 2.86 bits per heavy atom. The number of oxazole rings is 1. The summed E-state index contributed by atoms with van der Waals surface area (Å²) in [5.41, 5.74) is 9.39. The molecule has 0 aliphatic heterocycles. The standard InChI is InChI=1S/C19H20N6O3/c1-4-5-25-16(17(26)11(3)23-25)19-22-13(9-28-19)12-6-14(18(20)27)24-8-10(2)21-7-15(12)24/h6-9,26H,4-5H2,1-3H3,(H2,20,27). The normalized spacial score (nSPS) is 11.4. The highest BCUT2D eigenvalue weighted by Crippen LogP contribution is 2.35. The van der Waals surface area contributed by atoms with Crippen LogP contribution in [0.15, 0.2) is 29.1 Å². The maximum Gasteiger partial charge on any atom is 0.265 e. The van der Waals surface area contributed by atoms with Crippen LogP contribution < -0.4 is 5.73 Å². The molecule has 28 heavy (non-hydrogen) atoms. The monoisotopic (exact) mass is 380 g/mol. The van der Waals surface area contributed by atoms with Gasteiger partial charge in [-0.1, -0.05) is 6.92 Å². The van der Waals surface area contributed by atoms with E-state index in [1.165, 1.54) is 6.26 Å². The van der Waals surface area contributed by atoms with E-state index in [2.05, 4.69) is 15.1 Å². The Bertz CT molecular complexity index is 1200. The summed E-state index contributed by atoms with van der Waals surface area (Å²) in [6, 6.07) is 1.66. The van der Waals surface area contributed by atoms with Crippen LogP contribution in [-0.2, 0) is 6.54 Å². The van der Waals surface area contributed by atoms with Crippen molar-refractivity contribution in [1.82, 2.24) is 24.1 Å². The number of rotatable bonds is 5. The lowest BCUT2D eigenvalue weighted by Gasteiger charge is -2.02. The molecule has 0 saturated heterocycles. The molecule has 9 nitrogen and oxygen atoms in total. The second-order valence-electron chi connectivity index (χ2n) is 6.64. The van der Waals surface area contributed by atoms with Gasteiger partial charge in [-0.3, -0.25) is 14.5 Å². The van der Waals surface area contributed by atoms with Gasteiger partial charge in [-0.2, -0.15) is 5.10 Å². The Balaban J connectivity index is 1.87. The van der Waals surface area contributed by atoms with E-state index in [9.17, 15) is 9.90 Å². The Kier molecular flexibility index (Phi) is 4.14. The van der Waals surface area contributed by atoms with Gasteiger partial charge in [0, 0.05) is 18.3 Å². The van der Waals surface area contributed by atoms with E-state index >= 15 is 0 Å². The molecule has 4 aromatic heterocycles. The highest BCUT2D eigenvalue weighted by molar-refractivity contribution is 5.96. The molecule has 0 aromatic carbocycles. The van der Waals surface area contributed by atoms with E-state index < -0.39 is 5.91 Å². The number of hydrogen-bond donors (Lipinski definition) is 2. The Morgan fingerprint density at radius 1 is 1.36 bits per heavy atom. The van der Waals surface area contributed by atoms with Crippen molar-refractivity contribution in [1.29, 1.82) is 0 Å². The number of nitrogens with zero attached hydrogens (tertiary/aromatic N) is 5. The molecular weight excluding hydrogens is 360 g/mol. The largest absolute Gasteiger partial charge is 0.504 e. The van der Waals surface area contributed by atoms with Crippen LogP contribution in [0.4, 0.5) is 0 Å². The number of amides is 1. The third-order valence-corrected chi connectivity index (χ3v) is 4.55. The molecule has 0 radical (unpaired) electrons. The van der Waals surface area contributed by atoms with Crippen molar-refractivity contribution in [3.8, 4) is 28.6 Å². The number of aryl methyl sites for hydroxylation is 3. The Hall–Kier alpha value is -3.62. The molecule has 0 aliphatic carbocycles. The minimum atomic E-state index is -0.551. The maximum absolute atomic E-state index is 11.9. The lowest BCUT2D eigenvalue weighted by atomic mass is 10.2. The quantitative estimate of drug-likeness (QED) is 0.548. The zero-order valence-corrected chi connectivity index (χ0v) is 15.8. The second-order valence-corrected chi connectivity index (χ2v) is 6.64. The predicted octanol–water partition coefficient (Wildman–Crippen LogP) is 2.68. The van der Waals surface area contributed by atoms with Gasteiger partial charge in [-0.15, -0.1) is 0 Å². The fourth-order valence-electron chi connectivity index (χ4n) is 3.25. The van der Waals surface area contributed by atoms with E-state index in [4.69, 9.17) is 10.2 Å². The fraction of sp³-hybridized carbons (Fsp3) is 0.263. The van der Waals surface area contributed by atoms with Gasteiger partial charge in [0.15, 0.2) is 11.4 Å². The Labute approximate surface area is 160 Å². The summed E-state index contributed by atoms with van der Waals surface area (Å²) in [5, 5.41) is 14.7. The van der Waals surface area contributed by atoms with Crippen molar-refractivity contribution < 1.29 is 14.3 Å². The number of carbonyl (C=O) groups excluding carboxylic acids is 1. The third kappa shape index (κ3) is 2.72. The van der Waals surface area contributed by atoms with Crippen LogP contribution in [0.3, 0.4) is 0 Å². The van der Waals surface area contributed by atoms with Gasteiger partial charge in [-0.25, -0.2) is 4.98 Å². The molecule has 9 heteroatoms. The van der Waals surface area contributed by atoms with Crippen molar-refractivity contribution in [2.45, 2.75) is 33.7 Å². The number of carbonyl (C=O) groups is 1. The van der Waals surface area contributed by atoms with Gasteiger partial charge < -0.3 is 19.7 Å². The molecule has 0 bridgehead atoms. The smallest absolute Gasteiger partial charge is 0.265 e. The van der Waals surface area contributed by atoms with Crippen molar-refractivity contribution in [3.05, 3.63) is 41.8 Å². The molecule has 0 aliphatic rings. The first-order chi connectivity index (χ1) is 13.4. The van der Waals surface area contributed by atoms with Crippen LogP contribution in [0.25, 0.3) is 28.4 Å². The molecule has 0 saturated carbocycles. The highest BCUT2D eigenvalue weighted by Gasteiger charge is 2.23. The zero-order valence-electron chi connectivity index (χ0n) is 15.8. The van der Waals surface area contributed by atoms with Crippen molar-refractivity contribution in [2.24, 2.45) is 5.73 Å². The molecule has 0 unspecified atom stereocenters. The number of fused-ring (bicyclic) bond motifs is 1. The lowest BCUT2D eigenvalue weighted by Crippen LogP contribution is -2.13. The van der Waals surface area contributed by atoms with Crippen LogP contribution in [-0.4, -0.2) is 35.2 Å². The van der Waals surface area contributed by atoms with E-state index in [1.54, 1.807) is 34.5 Å². The molecule has 1 amide bonds. The molecule has 3 N–H and O–H groups in total. The van der Waals surface area contributed by atoms with Gasteiger partial charge in [0.25, 0.3) is 5.91 Å².